The highest BCUT2D eigenvalue weighted by Crippen LogP contribution is 2.48. The van der Waals surface area contributed by atoms with Crippen LogP contribution in [-0.2, 0) is 11.2 Å². The van der Waals surface area contributed by atoms with E-state index in [9.17, 15) is 35.7 Å². The first kappa shape index (κ1) is 20.5. The lowest BCUT2D eigenvalue weighted by atomic mass is 9.78. The van der Waals surface area contributed by atoms with E-state index in [-0.39, 0.29) is 35.2 Å². The maximum atomic E-state index is 10.6. The molecule has 0 aromatic heterocycles. The molecule has 162 valence electrons. The molecule has 0 bridgehead atoms. The SMILES string of the molecule is C[C@@H]1O[C@@H](C2Cc3c(O)cc(O)cc3OC2c2ccc(O)c(O)c2)[C@H](O)[C@H](O)[C@H]1O. The molecule has 0 aliphatic carbocycles. The van der Waals surface area contributed by atoms with Crippen LogP contribution < -0.4 is 4.74 Å². The highest BCUT2D eigenvalue weighted by Gasteiger charge is 2.49. The van der Waals surface area contributed by atoms with Crippen LogP contribution in [-0.4, -0.2) is 66.3 Å². The van der Waals surface area contributed by atoms with E-state index in [4.69, 9.17) is 9.47 Å². The van der Waals surface area contributed by atoms with Crippen molar-refractivity contribution in [1.29, 1.82) is 0 Å². The summed E-state index contributed by atoms with van der Waals surface area (Å²) in [4.78, 5) is 0. The molecule has 30 heavy (non-hydrogen) atoms. The Kier molecular flexibility index (Phi) is 5.15. The minimum Gasteiger partial charge on any atom is -0.508 e. The predicted molar refractivity (Wildman–Crippen MR) is 102 cm³/mol. The van der Waals surface area contributed by atoms with E-state index in [2.05, 4.69) is 0 Å². The fourth-order valence-electron chi connectivity index (χ4n) is 4.25. The van der Waals surface area contributed by atoms with E-state index < -0.39 is 42.5 Å². The Morgan fingerprint density at radius 1 is 0.833 bits per heavy atom. The molecule has 2 aromatic rings. The normalized spacial score (nSPS) is 33.5. The van der Waals surface area contributed by atoms with Crippen LogP contribution in [0, 0.1) is 5.92 Å². The monoisotopic (exact) mass is 420 g/mol. The lowest BCUT2D eigenvalue weighted by Gasteiger charge is -2.46. The second-order valence-electron chi connectivity index (χ2n) is 7.87. The molecule has 2 unspecified atom stereocenters. The number of aliphatic hydroxyl groups is 3. The number of aromatic hydroxyl groups is 4. The van der Waals surface area contributed by atoms with E-state index in [0.29, 0.717) is 11.1 Å². The summed E-state index contributed by atoms with van der Waals surface area (Å²) in [7, 11) is 0. The molecule has 0 spiro atoms. The highest BCUT2D eigenvalue weighted by molar-refractivity contribution is 5.52. The van der Waals surface area contributed by atoms with Crippen molar-refractivity contribution in [3.8, 4) is 28.7 Å². The number of benzene rings is 2. The van der Waals surface area contributed by atoms with Crippen LogP contribution in [0.5, 0.6) is 28.7 Å². The molecule has 1 fully saturated rings. The van der Waals surface area contributed by atoms with Gasteiger partial charge in [-0.05, 0) is 31.0 Å². The van der Waals surface area contributed by atoms with E-state index in [1.807, 2.05) is 0 Å². The van der Waals surface area contributed by atoms with Crippen molar-refractivity contribution in [1.82, 2.24) is 0 Å². The number of phenolic OH excluding ortho intramolecular Hbond substituents is 4. The summed E-state index contributed by atoms with van der Waals surface area (Å²) in [5.74, 6) is -1.49. The molecule has 1 saturated heterocycles. The number of rotatable bonds is 2. The molecule has 0 saturated carbocycles. The first-order valence-electron chi connectivity index (χ1n) is 9.60. The van der Waals surface area contributed by atoms with E-state index >= 15 is 0 Å². The average Bonchev–Trinajstić information content (AvgIpc) is 2.70. The van der Waals surface area contributed by atoms with E-state index in [0.717, 1.165) is 0 Å². The third-order valence-corrected chi connectivity index (χ3v) is 5.89. The Labute approximate surface area is 172 Å². The number of hydrogen-bond donors (Lipinski definition) is 7. The van der Waals surface area contributed by atoms with Crippen LogP contribution in [0.3, 0.4) is 0 Å². The first-order chi connectivity index (χ1) is 14.2. The minimum atomic E-state index is -1.44. The summed E-state index contributed by atoms with van der Waals surface area (Å²) in [6, 6.07) is 6.65. The summed E-state index contributed by atoms with van der Waals surface area (Å²) in [6.07, 6.45) is -6.54. The molecule has 2 aliphatic rings. The van der Waals surface area contributed by atoms with Crippen LogP contribution >= 0.6 is 0 Å². The maximum absolute atomic E-state index is 10.6. The van der Waals surface area contributed by atoms with Crippen LogP contribution in [0.4, 0.5) is 0 Å². The Hall–Kier alpha value is -2.72. The zero-order valence-electron chi connectivity index (χ0n) is 16.1. The molecule has 2 heterocycles. The molecular formula is C21H24O9. The van der Waals surface area contributed by atoms with Gasteiger partial charge in [-0.2, -0.15) is 0 Å². The number of phenols is 4. The largest absolute Gasteiger partial charge is 0.508 e. The topological polar surface area (TPSA) is 160 Å². The molecule has 2 aliphatic heterocycles. The van der Waals surface area contributed by atoms with Gasteiger partial charge >= 0.3 is 0 Å². The van der Waals surface area contributed by atoms with Crippen molar-refractivity contribution in [3.63, 3.8) is 0 Å². The lowest BCUT2D eigenvalue weighted by molar-refractivity contribution is -0.237. The van der Waals surface area contributed by atoms with Crippen LogP contribution in [0.15, 0.2) is 30.3 Å². The summed E-state index contributed by atoms with van der Waals surface area (Å²) >= 11 is 0. The van der Waals surface area contributed by atoms with Crippen LogP contribution in [0.2, 0.25) is 0 Å². The zero-order chi connectivity index (χ0) is 21.7. The van der Waals surface area contributed by atoms with Crippen molar-refractivity contribution >= 4 is 0 Å². The molecule has 4 rings (SSSR count). The Bertz CT molecular complexity index is 946. The summed E-state index contributed by atoms with van der Waals surface area (Å²) < 4.78 is 11.9. The van der Waals surface area contributed by atoms with Crippen molar-refractivity contribution < 1.29 is 45.2 Å². The average molecular weight is 420 g/mol. The molecule has 0 amide bonds. The Morgan fingerprint density at radius 2 is 1.57 bits per heavy atom. The van der Waals surface area contributed by atoms with Gasteiger partial charge in [0.2, 0.25) is 0 Å². The molecule has 9 heteroatoms. The predicted octanol–water partition coefficient (Wildman–Crippen LogP) is 0.671. The van der Waals surface area contributed by atoms with Gasteiger partial charge in [-0.15, -0.1) is 0 Å². The zero-order valence-corrected chi connectivity index (χ0v) is 16.1. The van der Waals surface area contributed by atoms with Crippen molar-refractivity contribution in [2.24, 2.45) is 5.92 Å². The standard InChI is InChI=1S/C21H24O9/c1-8-17(26)18(27)19(28)21(29-8)12-7-11-14(24)5-10(22)6-16(11)30-20(12)9-2-3-13(23)15(25)4-9/h2-6,8,12,17-28H,7H2,1H3/t8-,12?,17-,18+,19+,20?,21-/m0/s1. The van der Waals surface area contributed by atoms with E-state index in [1.165, 1.54) is 30.3 Å². The van der Waals surface area contributed by atoms with Crippen LogP contribution in [0.1, 0.15) is 24.2 Å². The summed E-state index contributed by atoms with van der Waals surface area (Å²) in [5, 5.41) is 70.6. The summed E-state index contributed by atoms with van der Waals surface area (Å²) in [5.41, 5.74) is 0.842. The highest BCUT2D eigenvalue weighted by atomic mass is 16.5. The van der Waals surface area contributed by atoms with E-state index in [1.54, 1.807) is 6.92 Å². The number of aliphatic hydroxyl groups excluding tert-OH is 3. The first-order valence-corrected chi connectivity index (χ1v) is 9.60. The van der Waals surface area contributed by atoms with Crippen molar-refractivity contribution in [2.45, 2.75) is 50.0 Å². The van der Waals surface area contributed by atoms with Gasteiger partial charge in [0, 0.05) is 23.6 Å². The molecule has 2 aromatic carbocycles. The molecular weight excluding hydrogens is 396 g/mol. The van der Waals surface area contributed by atoms with Gasteiger partial charge in [-0.3, -0.25) is 0 Å². The Morgan fingerprint density at radius 3 is 2.27 bits per heavy atom. The lowest BCUT2D eigenvalue weighted by Crippen LogP contribution is -2.60. The van der Waals surface area contributed by atoms with Crippen LogP contribution in [0.25, 0.3) is 0 Å². The quantitative estimate of drug-likeness (QED) is 0.347. The molecule has 7 atom stereocenters. The second-order valence-corrected chi connectivity index (χ2v) is 7.87. The fraction of sp³-hybridized carbons (Fsp3) is 0.429. The minimum absolute atomic E-state index is 0.158. The van der Waals surface area contributed by atoms with Gasteiger partial charge < -0.3 is 45.2 Å². The number of fused-ring (bicyclic) bond motifs is 1. The number of ether oxygens (including phenoxy) is 2. The van der Waals surface area contributed by atoms with Gasteiger partial charge in [0.25, 0.3) is 0 Å². The molecule has 0 radical (unpaired) electrons. The molecule has 7 N–H and O–H groups in total. The third-order valence-electron chi connectivity index (χ3n) is 5.89. The maximum Gasteiger partial charge on any atom is 0.157 e. The third kappa shape index (κ3) is 3.39. The van der Waals surface area contributed by atoms with Gasteiger partial charge in [0.1, 0.15) is 41.7 Å². The van der Waals surface area contributed by atoms with Gasteiger partial charge in [-0.25, -0.2) is 0 Å². The van der Waals surface area contributed by atoms with Gasteiger partial charge in [-0.1, -0.05) is 6.07 Å². The number of hydrogen-bond acceptors (Lipinski definition) is 9. The smallest absolute Gasteiger partial charge is 0.157 e. The van der Waals surface area contributed by atoms with Gasteiger partial charge in [0.15, 0.2) is 11.5 Å². The van der Waals surface area contributed by atoms with Crippen molar-refractivity contribution in [2.75, 3.05) is 0 Å². The second kappa shape index (κ2) is 7.51. The van der Waals surface area contributed by atoms with Crippen molar-refractivity contribution in [3.05, 3.63) is 41.5 Å². The van der Waals surface area contributed by atoms with Gasteiger partial charge in [0.05, 0.1) is 12.2 Å². The Balaban J connectivity index is 1.79. The molecule has 9 nitrogen and oxygen atoms in total. The fourth-order valence-corrected chi connectivity index (χ4v) is 4.25. The summed E-state index contributed by atoms with van der Waals surface area (Å²) in [6.45, 7) is 1.57.